The lowest BCUT2D eigenvalue weighted by Gasteiger charge is -2.16. The molecule has 1 N–H and O–H groups in total. The van der Waals surface area contributed by atoms with Crippen molar-refractivity contribution in [3.63, 3.8) is 0 Å². The highest BCUT2D eigenvalue weighted by Crippen LogP contribution is 2.28. The SMILES string of the molecule is Cc1ccc2oc(C(=O)N3CCC(F)(C(=O)O)C3)cc2n1. The van der Waals surface area contributed by atoms with Crippen LogP contribution in [0.3, 0.4) is 0 Å². The number of nitrogens with zero attached hydrogens (tertiary/aromatic N) is 2. The highest BCUT2D eigenvalue weighted by molar-refractivity contribution is 5.96. The number of pyridine rings is 1. The van der Waals surface area contributed by atoms with Crippen LogP contribution < -0.4 is 0 Å². The molecule has 6 nitrogen and oxygen atoms in total. The summed E-state index contributed by atoms with van der Waals surface area (Å²) < 4.78 is 19.4. The van der Waals surface area contributed by atoms with Crippen LogP contribution in [0.5, 0.6) is 0 Å². The van der Waals surface area contributed by atoms with Gasteiger partial charge in [0.2, 0.25) is 5.67 Å². The van der Waals surface area contributed by atoms with Crippen molar-refractivity contribution in [3.8, 4) is 0 Å². The maximum atomic E-state index is 14.0. The number of carboxylic acids is 1. The molecule has 110 valence electrons. The zero-order valence-electron chi connectivity index (χ0n) is 11.3. The first-order valence-corrected chi connectivity index (χ1v) is 6.48. The maximum absolute atomic E-state index is 14.0. The second-order valence-corrected chi connectivity index (χ2v) is 5.19. The molecule has 2 aromatic rings. The largest absolute Gasteiger partial charge is 0.479 e. The van der Waals surface area contributed by atoms with Crippen molar-refractivity contribution < 1.29 is 23.5 Å². The number of carboxylic acid groups (broad SMARTS) is 1. The lowest BCUT2D eigenvalue weighted by atomic mass is 10.1. The summed E-state index contributed by atoms with van der Waals surface area (Å²) in [5, 5.41) is 8.84. The van der Waals surface area contributed by atoms with E-state index in [4.69, 9.17) is 9.52 Å². The monoisotopic (exact) mass is 292 g/mol. The van der Waals surface area contributed by atoms with E-state index in [1.807, 2.05) is 6.92 Å². The summed E-state index contributed by atoms with van der Waals surface area (Å²) in [6.45, 7) is 1.40. The second kappa shape index (κ2) is 4.54. The molecule has 0 bridgehead atoms. The molecule has 1 fully saturated rings. The van der Waals surface area contributed by atoms with Crippen LogP contribution in [-0.4, -0.2) is 45.6 Å². The Balaban J connectivity index is 1.86. The Hall–Kier alpha value is -2.44. The number of aromatic nitrogens is 1. The van der Waals surface area contributed by atoms with Crippen molar-refractivity contribution in [2.24, 2.45) is 0 Å². The van der Waals surface area contributed by atoms with E-state index >= 15 is 0 Å². The van der Waals surface area contributed by atoms with Crippen LogP contribution in [0.15, 0.2) is 22.6 Å². The van der Waals surface area contributed by atoms with Crippen molar-refractivity contribution in [1.29, 1.82) is 0 Å². The highest BCUT2D eigenvalue weighted by atomic mass is 19.1. The summed E-state index contributed by atoms with van der Waals surface area (Å²) in [5.41, 5.74) is -0.580. The van der Waals surface area contributed by atoms with Gasteiger partial charge in [-0.15, -0.1) is 0 Å². The van der Waals surface area contributed by atoms with Crippen molar-refractivity contribution in [2.45, 2.75) is 19.0 Å². The average Bonchev–Trinajstić information content (AvgIpc) is 3.02. The van der Waals surface area contributed by atoms with Crippen molar-refractivity contribution in [1.82, 2.24) is 9.88 Å². The topological polar surface area (TPSA) is 83.6 Å². The minimum atomic E-state index is -2.38. The van der Waals surface area contributed by atoms with Crippen LogP contribution in [0.25, 0.3) is 11.1 Å². The minimum Gasteiger partial charge on any atom is -0.479 e. The number of alkyl halides is 1. The number of carbonyl (C=O) groups is 2. The fourth-order valence-corrected chi connectivity index (χ4v) is 2.41. The molecule has 1 aliphatic rings. The van der Waals surface area contributed by atoms with E-state index in [1.54, 1.807) is 12.1 Å². The molecule has 7 heteroatoms. The molecule has 0 saturated carbocycles. The fraction of sp³-hybridized carbons (Fsp3) is 0.357. The molecule has 1 unspecified atom stereocenters. The predicted molar refractivity (Wildman–Crippen MR) is 70.7 cm³/mol. The Morgan fingerprint density at radius 2 is 2.24 bits per heavy atom. The molecule has 1 saturated heterocycles. The number of rotatable bonds is 2. The Morgan fingerprint density at radius 1 is 1.48 bits per heavy atom. The van der Waals surface area contributed by atoms with E-state index in [1.165, 1.54) is 6.07 Å². The first kappa shape index (κ1) is 13.5. The van der Waals surface area contributed by atoms with Crippen LogP contribution >= 0.6 is 0 Å². The van der Waals surface area contributed by atoms with Crippen LogP contribution in [0, 0.1) is 6.92 Å². The molecular weight excluding hydrogens is 279 g/mol. The Kier molecular flexibility index (Phi) is 2.93. The fourth-order valence-electron chi connectivity index (χ4n) is 2.41. The smallest absolute Gasteiger partial charge is 0.343 e. The number of amides is 1. The van der Waals surface area contributed by atoms with Crippen LogP contribution in [0.2, 0.25) is 0 Å². The van der Waals surface area contributed by atoms with Gasteiger partial charge in [-0.2, -0.15) is 0 Å². The lowest BCUT2D eigenvalue weighted by molar-refractivity contribution is -0.149. The van der Waals surface area contributed by atoms with E-state index in [0.717, 1.165) is 10.6 Å². The molecule has 0 aliphatic carbocycles. The first-order chi connectivity index (χ1) is 9.89. The molecule has 0 spiro atoms. The molecule has 1 amide bonds. The number of aryl methyl sites for hydroxylation is 1. The third kappa shape index (κ3) is 2.24. The molecule has 1 aliphatic heterocycles. The third-order valence-corrected chi connectivity index (χ3v) is 3.61. The van der Waals surface area contributed by atoms with Gasteiger partial charge in [0.15, 0.2) is 11.3 Å². The Bertz CT molecular complexity index is 742. The number of hydrogen-bond acceptors (Lipinski definition) is 4. The van der Waals surface area contributed by atoms with E-state index in [-0.39, 0.29) is 18.7 Å². The summed E-state index contributed by atoms with van der Waals surface area (Å²) >= 11 is 0. The highest BCUT2D eigenvalue weighted by Gasteiger charge is 2.47. The predicted octanol–water partition coefficient (Wildman–Crippen LogP) is 1.78. The quantitative estimate of drug-likeness (QED) is 0.912. The van der Waals surface area contributed by atoms with Gasteiger partial charge in [0, 0.05) is 24.7 Å². The standard InChI is InChI=1S/C14H13FN2O4/c1-8-2-3-10-9(16-8)6-11(21-10)12(18)17-5-4-14(15,7-17)13(19)20/h2-3,6H,4-5,7H2,1H3,(H,19,20). The summed E-state index contributed by atoms with van der Waals surface area (Å²) in [6, 6.07) is 4.95. The van der Waals surface area contributed by atoms with Crippen LogP contribution in [-0.2, 0) is 4.79 Å². The van der Waals surface area contributed by atoms with E-state index in [0.29, 0.717) is 11.1 Å². The summed E-state index contributed by atoms with van der Waals surface area (Å²) in [6.07, 6.45) is -0.217. The number of carbonyl (C=O) groups excluding carboxylic acids is 1. The number of halogens is 1. The Morgan fingerprint density at radius 3 is 2.90 bits per heavy atom. The molecule has 0 radical (unpaired) electrons. The summed E-state index contributed by atoms with van der Waals surface area (Å²) in [4.78, 5) is 28.5. The lowest BCUT2D eigenvalue weighted by Crippen LogP contribution is -2.38. The van der Waals surface area contributed by atoms with Gasteiger partial charge in [0.05, 0.1) is 6.54 Å². The van der Waals surface area contributed by atoms with Crippen LogP contribution in [0.1, 0.15) is 22.7 Å². The maximum Gasteiger partial charge on any atom is 0.343 e. The first-order valence-electron chi connectivity index (χ1n) is 6.48. The molecule has 0 aromatic carbocycles. The zero-order chi connectivity index (χ0) is 15.2. The van der Waals surface area contributed by atoms with Gasteiger partial charge in [0.1, 0.15) is 5.52 Å². The molecule has 3 rings (SSSR count). The number of furan rings is 1. The number of likely N-dealkylation sites (tertiary alicyclic amines) is 1. The molecular formula is C14H13FN2O4. The van der Waals surface area contributed by atoms with Gasteiger partial charge in [-0.1, -0.05) is 0 Å². The van der Waals surface area contributed by atoms with Gasteiger partial charge in [-0.25, -0.2) is 14.2 Å². The third-order valence-electron chi connectivity index (χ3n) is 3.61. The summed E-state index contributed by atoms with van der Waals surface area (Å²) in [7, 11) is 0. The summed E-state index contributed by atoms with van der Waals surface area (Å²) in [5.74, 6) is -2.02. The molecule has 3 heterocycles. The van der Waals surface area contributed by atoms with Gasteiger partial charge < -0.3 is 14.4 Å². The number of aliphatic carboxylic acids is 1. The van der Waals surface area contributed by atoms with Gasteiger partial charge in [0.25, 0.3) is 5.91 Å². The van der Waals surface area contributed by atoms with Crippen LogP contribution in [0.4, 0.5) is 4.39 Å². The van der Waals surface area contributed by atoms with Crippen molar-refractivity contribution in [2.75, 3.05) is 13.1 Å². The van der Waals surface area contributed by atoms with Crippen molar-refractivity contribution >= 4 is 23.0 Å². The zero-order valence-corrected chi connectivity index (χ0v) is 11.3. The van der Waals surface area contributed by atoms with E-state index < -0.39 is 24.1 Å². The molecule has 1 atom stereocenters. The van der Waals surface area contributed by atoms with Gasteiger partial charge in [-0.3, -0.25) is 4.79 Å². The molecule has 21 heavy (non-hydrogen) atoms. The van der Waals surface area contributed by atoms with E-state index in [9.17, 15) is 14.0 Å². The van der Waals surface area contributed by atoms with Gasteiger partial charge in [-0.05, 0) is 19.1 Å². The second-order valence-electron chi connectivity index (χ2n) is 5.19. The number of fused-ring (bicyclic) bond motifs is 1. The van der Waals surface area contributed by atoms with E-state index in [2.05, 4.69) is 4.98 Å². The van der Waals surface area contributed by atoms with Crippen molar-refractivity contribution in [3.05, 3.63) is 29.7 Å². The minimum absolute atomic E-state index is 0.0396. The average molecular weight is 292 g/mol. The number of hydrogen-bond donors (Lipinski definition) is 1. The van der Waals surface area contributed by atoms with Gasteiger partial charge >= 0.3 is 5.97 Å². The Labute approximate surface area is 119 Å². The normalized spacial score (nSPS) is 21.9. The molecule has 2 aromatic heterocycles.